The molecule has 1 unspecified atom stereocenters. The minimum Gasteiger partial charge on any atom is -0.481 e. The first-order valence-electron chi connectivity index (χ1n) is 6.23. The first-order valence-corrected chi connectivity index (χ1v) is 8.60. The van der Waals surface area contributed by atoms with Gasteiger partial charge >= 0.3 is 12.0 Å². The minimum atomic E-state index is -0.821. The lowest BCUT2D eigenvalue weighted by Crippen LogP contribution is -2.54. The molecule has 1 aliphatic rings. The third-order valence-electron chi connectivity index (χ3n) is 3.53. The third-order valence-corrected chi connectivity index (χ3v) is 5.24. The predicted molar refractivity (Wildman–Crippen MR) is 90.4 cm³/mol. The van der Waals surface area contributed by atoms with Crippen LogP contribution >= 0.6 is 47.8 Å². The van der Waals surface area contributed by atoms with Crippen molar-refractivity contribution in [1.29, 1.82) is 0 Å². The highest BCUT2D eigenvalue weighted by Crippen LogP contribution is 2.35. The largest absolute Gasteiger partial charge is 0.481 e. The summed E-state index contributed by atoms with van der Waals surface area (Å²) in [7, 11) is 0. The number of halogens is 3. The fraction of sp³-hybridized carbons (Fsp3) is 0.385. The van der Waals surface area contributed by atoms with Crippen LogP contribution in [-0.2, 0) is 4.79 Å². The summed E-state index contributed by atoms with van der Waals surface area (Å²) in [6.07, 6.45) is 0. The molecule has 5 nitrogen and oxygen atoms in total. The van der Waals surface area contributed by atoms with Crippen LogP contribution in [0.3, 0.4) is 0 Å². The monoisotopic (exact) mass is 482 g/mol. The van der Waals surface area contributed by atoms with Gasteiger partial charge in [0.1, 0.15) is 0 Å². The highest BCUT2D eigenvalue weighted by atomic mass is 79.9. The molecule has 0 spiro atoms. The standard InChI is InChI=1S/C13H13Br3N2O3/c1-6(12(19)20)7-4-18(5-7)13(21)17-11-9(15)2-8(14)3-10(11)16/h2-3,6-7H,4-5H2,1H3,(H,17,21)(H,19,20). The second-order valence-electron chi connectivity index (χ2n) is 4.97. The van der Waals surface area contributed by atoms with E-state index in [-0.39, 0.29) is 11.9 Å². The number of carbonyl (C=O) groups excluding carboxylic acids is 1. The fourth-order valence-corrected chi connectivity index (χ4v) is 4.50. The van der Waals surface area contributed by atoms with Crippen molar-refractivity contribution < 1.29 is 14.7 Å². The van der Waals surface area contributed by atoms with Gasteiger partial charge in [-0.25, -0.2) is 4.79 Å². The molecule has 1 aromatic carbocycles. The van der Waals surface area contributed by atoms with Crippen molar-refractivity contribution >= 4 is 65.5 Å². The zero-order valence-corrected chi connectivity index (χ0v) is 15.8. The molecule has 0 aliphatic carbocycles. The highest BCUT2D eigenvalue weighted by molar-refractivity contribution is 9.11. The van der Waals surface area contributed by atoms with Crippen molar-refractivity contribution in [2.45, 2.75) is 6.92 Å². The van der Waals surface area contributed by atoms with Crippen LogP contribution in [0.2, 0.25) is 0 Å². The molecule has 21 heavy (non-hydrogen) atoms. The summed E-state index contributed by atoms with van der Waals surface area (Å²) in [6.45, 7) is 2.60. The minimum absolute atomic E-state index is 0.0186. The van der Waals surface area contributed by atoms with Gasteiger partial charge < -0.3 is 15.3 Å². The van der Waals surface area contributed by atoms with E-state index < -0.39 is 11.9 Å². The van der Waals surface area contributed by atoms with E-state index in [1.807, 2.05) is 12.1 Å². The Balaban J connectivity index is 1.97. The lowest BCUT2D eigenvalue weighted by Gasteiger charge is -2.41. The average molecular weight is 485 g/mol. The normalized spacial score (nSPS) is 16.3. The molecule has 8 heteroatoms. The number of hydrogen-bond acceptors (Lipinski definition) is 2. The van der Waals surface area contributed by atoms with Gasteiger partial charge in [0.05, 0.1) is 11.6 Å². The molecule has 1 heterocycles. The Kier molecular flexibility index (Phi) is 5.32. The Morgan fingerprint density at radius 2 is 1.81 bits per heavy atom. The molecule has 0 saturated carbocycles. The summed E-state index contributed by atoms with van der Waals surface area (Å²) in [6, 6.07) is 3.45. The van der Waals surface area contributed by atoms with Crippen LogP contribution in [0.1, 0.15) is 6.92 Å². The zero-order chi connectivity index (χ0) is 15.7. The molecule has 114 valence electrons. The van der Waals surface area contributed by atoms with Gasteiger partial charge in [-0.3, -0.25) is 4.79 Å². The third kappa shape index (κ3) is 3.78. The van der Waals surface area contributed by atoms with E-state index in [2.05, 4.69) is 53.1 Å². The van der Waals surface area contributed by atoms with E-state index >= 15 is 0 Å². The quantitative estimate of drug-likeness (QED) is 0.677. The Morgan fingerprint density at radius 3 is 2.29 bits per heavy atom. The maximum atomic E-state index is 12.1. The lowest BCUT2D eigenvalue weighted by atomic mass is 9.87. The average Bonchev–Trinajstić information content (AvgIpc) is 2.31. The molecule has 2 rings (SSSR count). The first kappa shape index (κ1) is 16.8. The van der Waals surface area contributed by atoms with Gasteiger partial charge in [0.15, 0.2) is 0 Å². The molecule has 0 radical (unpaired) electrons. The van der Waals surface area contributed by atoms with Crippen LogP contribution in [0.25, 0.3) is 0 Å². The molecule has 1 aromatic rings. The molecule has 2 amide bonds. The predicted octanol–water partition coefficient (Wildman–Crippen LogP) is 4.16. The number of carboxylic acid groups (broad SMARTS) is 1. The molecule has 1 saturated heterocycles. The number of likely N-dealkylation sites (tertiary alicyclic amines) is 1. The van der Waals surface area contributed by atoms with Crippen LogP contribution in [0.4, 0.5) is 10.5 Å². The molecular weight excluding hydrogens is 472 g/mol. The van der Waals surface area contributed by atoms with Gasteiger partial charge in [0.25, 0.3) is 0 Å². The Hall–Kier alpha value is -0.600. The maximum absolute atomic E-state index is 12.1. The Labute approximate surface area is 147 Å². The number of benzene rings is 1. The summed E-state index contributed by atoms with van der Waals surface area (Å²) >= 11 is 10.2. The van der Waals surface area contributed by atoms with Gasteiger partial charge in [-0.05, 0) is 44.0 Å². The van der Waals surface area contributed by atoms with Crippen molar-refractivity contribution in [1.82, 2.24) is 4.90 Å². The Bertz CT molecular complexity index is 565. The van der Waals surface area contributed by atoms with Crippen molar-refractivity contribution in [3.05, 3.63) is 25.6 Å². The van der Waals surface area contributed by atoms with Gasteiger partial charge in [-0.2, -0.15) is 0 Å². The van der Waals surface area contributed by atoms with Crippen LogP contribution in [0, 0.1) is 11.8 Å². The summed E-state index contributed by atoms with van der Waals surface area (Å²) in [5.41, 5.74) is 0.651. The van der Waals surface area contributed by atoms with Crippen molar-refractivity contribution in [3.63, 3.8) is 0 Å². The molecule has 2 N–H and O–H groups in total. The number of aliphatic carboxylic acids is 1. The van der Waals surface area contributed by atoms with E-state index in [4.69, 9.17) is 5.11 Å². The number of amides is 2. The number of carbonyl (C=O) groups is 2. The van der Waals surface area contributed by atoms with Crippen LogP contribution < -0.4 is 5.32 Å². The second kappa shape index (κ2) is 6.66. The number of carboxylic acids is 1. The van der Waals surface area contributed by atoms with Crippen molar-refractivity contribution in [2.75, 3.05) is 18.4 Å². The van der Waals surface area contributed by atoms with E-state index in [9.17, 15) is 9.59 Å². The number of anilines is 1. The first-order chi connectivity index (χ1) is 9.79. The van der Waals surface area contributed by atoms with Crippen LogP contribution in [0.15, 0.2) is 25.6 Å². The molecular formula is C13H13Br3N2O3. The lowest BCUT2D eigenvalue weighted by molar-refractivity contribution is -0.144. The van der Waals surface area contributed by atoms with Crippen LogP contribution in [-0.4, -0.2) is 35.1 Å². The smallest absolute Gasteiger partial charge is 0.321 e. The van der Waals surface area contributed by atoms with E-state index in [1.54, 1.807) is 11.8 Å². The van der Waals surface area contributed by atoms with E-state index in [0.29, 0.717) is 18.8 Å². The summed E-state index contributed by atoms with van der Waals surface area (Å²) in [4.78, 5) is 24.6. The fourth-order valence-electron chi connectivity index (χ4n) is 2.04. The van der Waals surface area contributed by atoms with Gasteiger partial charge in [-0.15, -0.1) is 0 Å². The molecule has 1 atom stereocenters. The zero-order valence-electron chi connectivity index (χ0n) is 11.1. The van der Waals surface area contributed by atoms with Gasteiger partial charge in [-0.1, -0.05) is 22.9 Å². The highest BCUT2D eigenvalue weighted by Gasteiger charge is 2.37. The van der Waals surface area contributed by atoms with Crippen molar-refractivity contribution in [3.8, 4) is 0 Å². The van der Waals surface area contributed by atoms with Gasteiger partial charge in [0.2, 0.25) is 0 Å². The molecule has 1 aliphatic heterocycles. The second-order valence-corrected chi connectivity index (χ2v) is 7.59. The topological polar surface area (TPSA) is 69.6 Å². The summed E-state index contributed by atoms with van der Waals surface area (Å²) in [5, 5.41) is 11.8. The number of hydrogen-bond donors (Lipinski definition) is 2. The number of nitrogens with zero attached hydrogens (tertiary/aromatic N) is 1. The van der Waals surface area contributed by atoms with E-state index in [0.717, 1.165) is 13.4 Å². The number of rotatable bonds is 3. The number of urea groups is 1. The van der Waals surface area contributed by atoms with Gasteiger partial charge in [0, 0.05) is 32.4 Å². The van der Waals surface area contributed by atoms with Crippen LogP contribution in [0.5, 0.6) is 0 Å². The Morgan fingerprint density at radius 1 is 1.29 bits per heavy atom. The number of nitrogens with one attached hydrogen (secondary N) is 1. The summed E-state index contributed by atoms with van der Waals surface area (Å²) < 4.78 is 2.40. The SMILES string of the molecule is CC(C(=O)O)C1CN(C(=O)Nc2c(Br)cc(Br)cc2Br)C1. The van der Waals surface area contributed by atoms with E-state index in [1.165, 1.54) is 0 Å². The molecule has 1 fully saturated rings. The molecule has 0 bridgehead atoms. The maximum Gasteiger partial charge on any atom is 0.321 e. The molecule has 0 aromatic heterocycles. The summed E-state index contributed by atoms with van der Waals surface area (Å²) in [5.74, 6) is -1.23. The van der Waals surface area contributed by atoms with Crippen molar-refractivity contribution in [2.24, 2.45) is 11.8 Å².